The van der Waals surface area contributed by atoms with Crippen molar-refractivity contribution in [2.24, 2.45) is 0 Å². The van der Waals surface area contributed by atoms with E-state index in [0.717, 1.165) is 4.90 Å². The normalized spacial score (nSPS) is 11.7. The molecule has 4 aromatic carbocycles. The minimum atomic E-state index is -0.575. The fourth-order valence-electron chi connectivity index (χ4n) is 4.16. The van der Waals surface area contributed by atoms with Crippen LogP contribution in [0.4, 0.5) is 11.4 Å². The highest BCUT2D eigenvalue weighted by Crippen LogP contribution is 2.36. The Bertz CT molecular complexity index is 1750. The maximum atomic E-state index is 13.6. The lowest BCUT2D eigenvalue weighted by atomic mass is 10.1. The summed E-state index contributed by atoms with van der Waals surface area (Å²) in [5.74, 6) is -0.0318. The average Bonchev–Trinajstić information content (AvgIpc) is 3.06. The highest BCUT2D eigenvalue weighted by Gasteiger charge is 2.19. The number of methoxy groups -OCH3 is 3. The van der Waals surface area contributed by atoms with Gasteiger partial charge in [-0.05, 0) is 73.7 Å². The van der Waals surface area contributed by atoms with Crippen LogP contribution in [0.5, 0.6) is 17.2 Å². The lowest BCUT2D eigenvalue weighted by molar-refractivity contribution is -0.115. The Morgan fingerprint density at radius 3 is 2.07 bits per heavy atom. The second kappa shape index (κ2) is 16.1. The van der Waals surface area contributed by atoms with Gasteiger partial charge in [0.2, 0.25) is 5.91 Å². The molecule has 1 atom stereocenters. The van der Waals surface area contributed by atoms with Gasteiger partial charge in [0.1, 0.15) is 11.4 Å². The van der Waals surface area contributed by atoms with Gasteiger partial charge in [-0.15, -0.1) is 11.8 Å². The second-order valence-electron chi connectivity index (χ2n) is 9.68. The quantitative estimate of drug-likeness (QED) is 0.105. The minimum Gasteiger partial charge on any atom is -0.496 e. The number of rotatable bonds is 12. The molecule has 0 spiro atoms. The van der Waals surface area contributed by atoms with E-state index in [0.29, 0.717) is 49.8 Å². The zero-order valence-electron chi connectivity index (χ0n) is 25.4. The van der Waals surface area contributed by atoms with E-state index in [2.05, 4.69) is 16.0 Å². The summed E-state index contributed by atoms with van der Waals surface area (Å²) in [6, 6.07) is 23.6. The van der Waals surface area contributed by atoms with Crippen LogP contribution in [-0.2, 0) is 9.59 Å². The number of ether oxygens (including phenoxy) is 3. The van der Waals surface area contributed by atoms with Crippen LogP contribution in [0.1, 0.15) is 22.8 Å². The van der Waals surface area contributed by atoms with Crippen molar-refractivity contribution in [3.05, 3.63) is 112 Å². The Morgan fingerprint density at radius 2 is 1.43 bits per heavy atom. The number of thioether (sulfide) groups is 1. The first-order chi connectivity index (χ1) is 22.1. The van der Waals surface area contributed by atoms with Crippen LogP contribution in [0.15, 0.2) is 95.5 Å². The second-order valence-corrected chi connectivity index (χ2v) is 11.9. The molecule has 4 aromatic rings. The van der Waals surface area contributed by atoms with Gasteiger partial charge in [-0.3, -0.25) is 14.4 Å². The van der Waals surface area contributed by atoms with Gasteiger partial charge in [0.05, 0.1) is 37.3 Å². The molecule has 3 amide bonds. The van der Waals surface area contributed by atoms with Crippen molar-refractivity contribution >= 4 is 70.1 Å². The van der Waals surface area contributed by atoms with Crippen molar-refractivity contribution in [3.8, 4) is 17.2 Å². The maximum absolute atomic E-state index is 13.6. The standard InChI is InChI=1S/C34H31Cl2N3O6S/c1-20(32(40)38-27-15-10-23(35)18-26(27)36)46-25-13-11-24(12-14-25)37-34(42)28(39-33(41)21-8-6-5-7-9-21)16-22-17-30(44-3)31(45-4)19-29(22)43-2/h5-20H,1-4H3,(H,37,42)(H,38,40)(H,39,41)/b28-16-. The molecule has 0 fully saturated rings. The molecule has 0 saturated heterocycles. The summed E-state index contributed by atoms with van der Waals surface area (Å²) in [7, 11) is 4.48. The van der Waals surface area contributed by atoms with Crippen molar-refractivity contribution in [1.29, 1.82) is 0 Å². The first-order valence-corrected chi connectivity index (χ1v) is 15.5. The highest BCUT2D eigenvalue weighted by molar-refractivity contribution is 8.00. The predicted molar refractivity (Wildman–Crippen MR) is 183 cm³/mol. The molecule has 0 aliphatic rings. The molecule has 46 heavy (non-hydrogen) atoms. The summed E-state index contributed by atoms with van der Waals surface area (Å²) in [6.45, 7) is 1.77. The minimum absolute atomic E-state index is 0.0380. The SMILES string of the molecule is COc1cc(OC)c(OC)cc1/C=C(\NC(=O)c1ccccc1)C(=O)Nc1ccc(SC(C)C(=O)Nc2ccc(Cl)cc2Cl)cc1. The van der Waals surface area contributed by atoms with E-state index in [4.69, 9.17) is 37.4 Å². The fourth-order valence-corrected chi connectivity index (χ4v) is 5.48. The summed E-state index contributed by atoms with van der Waals surface area (Å²) >= 11 is 13.5. The number of benzene rings is 4. The van der Waals surface area contributed by atoms with E-state index in [1.54, 1.807) is 91.9 Å². The predicted octanol–water partition coefficient (Wildman–Crippen LogP) is 7.55. The topological polar surface area (TPSA) is 115 Å². The molecule has 0 saturated carbocycles. The summed E-state index contributed by atoms with van der Waals surface area (Å²) in [5, 5.41) is 8.70. The zero-order chi connectivity index (χ0) is 33.2. The van der Waals surface area contributed by atoms with Crippen molar-refractivity contribution in [2.45, 2.75) is 17.1 Å². The number of carbonyl (C=O) groups excluding carboxylic acids is 3. The Balaban J connectivity index is 1.52. The summed E-state index contributed by atoms with van der Waals surface area (Å²) in [6.07, 6.45) is 1.49. The van der Waals surface area contributed by atoms with Gasteiger partial charge in [-0.25, -0.2) is 0 Å². The molecule has 9 nitrogen and oxygen atoms in total. The first-order valence-electron chi connectivity index (χ1n) is 13.8. The molecule has 0 aliphatic heterocycles. The third-order valence-electron chi connectivity index (χ3n) is 6.55. The number of hydrogen-bond donors (Lipinski definition) is 3. The van der Waals surface area contributed by atoms with E-state index in [9.17, 15) is 14.4 Å². The molecule has 0 aromatic heterocycles. The highest BCUT2D eigenvalue weighted by atomic mass is 35.5. The Labute approximate surface area is 281 Å². The Hall–Kier alpha value is -4.64. The monoisotopic (exact) mass is 679 g/mol. The zero-order valence-corrected chi connectivity index (χ0v) is 27.7. The van der Waals surface area contributed by atoms with Gasteiger partial charge in [0.25, 0.3) is 11.8 Å². The third kappa shape index (κ3) is 8.97. The molecule has 0 aliphatic carbocycles. The lowest BCUT2D eigenvalue weighted by Gasteiger charge is -2.15. The molecule has 4 rings (SSSR count). The van der Waals surface area contributed by atoms with Gasteiger partial charge < -0.3 is 30.2 Å². The smallest absolute Gasteiger partial charge is 0.272 e. The van der Waals surface area contributed by atoms with E-state index in [-0.39, 0.29) is 11.6 Å². The average molecular weight is 681 g/mol. The number of halogens is 2. The summed E-state index contributed by atoms with van der Waals surface area (Å²) in [5.41, 5.74) is 1.74. The molecule has 238 valence electrons. The van der Waals surface area contributed by atoms with Crippen LogP contribution in [0.3, 0.4) is 0 Å². The van der Waals surface area contributed by atoms with Crippen LogP contribution in [0.2, 0.25) is 10.0 Å². The number of anilines is 2. The molecule has 0 radical (unpaired) electrons. The van der Waals surface area contributed by atoms with Crippen LogP contribution in [-0.4, -0.2) is 44.3 Å². The number of amides is 3. The van der Waals surface area contributed by atoms with Gasteiger partial charge in [-0.1, -0.05) is 41.4 Å². The van der Waals surface area contributed by atoms with E-state index >= 15 is 0 Å². The third-order valence-corrected chi connectivity index (χ3v) is 8.21. The molecule has 0 bridgehead atoms. The molecular weight excluding hydrogens is 649 g/mol. The number of hydrogen-bond acceptors (Lipinski definition) is 7. The van der Waals surface area contributed by atoms with Crippen molar-refractivity contribution in [1.82, 2.24) is 5.32 Å². The maximum Gasteiger partial charge on any atom is 0.272 e. The summed E-state index contributed by atoms with van der Waals surface area (Å²) < 4.78 is 16.3. The molecule has 3 N–H and O–H groups in total. The molecule has 12 heteroatoms. The van der Waals surface area contributed by atoms with Crippen LogP contribution in [0.25, 0.3) is 6.08 Å². The van der Waals surface area contributed by atoms with E-state index < -0.39 is 17.1 Å². The van der Waals surface area contributed by atoms with Crippen molar-refractivity contribution in [2.75, 3.05) is 32.0 Å². The van der Waals surface area contributed by atoms with Crippen LogP contribution in [0, 0.1) is 0 Å². The van der Waals surface area contributed by atoms with Gasteiger partial charge in [0, 0.05) is 32.8 Å². The Kier molecular flexibility index (Phi) is 12.0. The Morgan fingerprint density at radius 1 is 0.783 bits per heavy atom. The lowest BCUT2D eigenvalue weighted by Crippen LogP contribution is -2.30. The molecule has 0 heterocycles. The molecular formula is C34H31Cl2N3O6S. The van der Waals surface area contributed by atoms with Gasteiger partial charge in [-0.2, -0.15) is 0 Å². The molecule has 1 unspecified atom stereocenters. The largest absolute Gasteiger partial charge is 0.496 e. The van der Waals surface area contributed by atoms with Crippen molar-refractivity contribution in [3.63, 3.8) is 0 Å². The van der Waals surface area contributed by atoms with Crippen LogP contribution >= 0.6 is 35.0 Å². The number of nitrogens with one attached hydrogen (secondary N) is 3. The fraction of sp³-hybridized carbons (Fsp3) is 0.147. The van der Waals surface area contributed by atoms with E-state index in [1.165, 1.54) is 39.2 Å². The summed E-state index contributed by atoms with van der Waals surface area (Å²) in [4.78, 5) is 40.2. The number of carbonyl (C=O) groups is 3. The van der Waals surface area contributed by atoms with Crippen molar-refractivity contribution < 1.29 is 28.6 Å². The van der Waals surface area contributed by atoms with Gasteiger partial charge >= 0.3 is 0 Å². The first kappa shape index (κ1) is 34.2. The van der Waals surface area contributed by atoms with E-state index in [1.807, 2.05) is 0 Å². The van der Waals surface area contributed by atoms with Crippen LogP contribution < -0.4 is 30.2 Å². The van der Waals surface area contributed by atoms with Gasteiger partial charge in [0.15, 0.2) is 11.5 Å².